The molecular formula is C6H4O2S2. The van der Waals surface area contributed by atoms with Crippen molar-refractivity contribution in [2.24, 2.45) is 0 Å². The van der Waals surface area contributed by atoms with E-state index < -0.39 is 5.97 Å². The Labute approximate surface area is 66.8 Å². The van der Waals surface area contributed by atoms with Crippen LogP contribution in [-0.4, -0.2) is 11.1 Å². The van der Waals surface area contributed by atoms with E-state index in [0.717, 1.165) is 0 Å². The quantitative estimate of drug-likeness (QED) is 0.660. The first-order valence-corrected chi connectivity index (χ1v) is 3.81. The first-order chi connectivity index (χ1) is 4.70. The second kappa shape index (κ2) is 2.90. The molecule has 1 N–H and O–H groups in total. The van der Waals surface area contributed by atoms with Gasteiger partial charge < -0.3 is 5.11 Å². The molecule has 1 aromatic rings. The minimum absolute atomic E-state index is 0.290. The van der Waals surface area contributed by atoms with Crippen molar-refractivity contribution in [3.63, 3.8) is 0 Å². The molecule has 0 fully saturated rings. The molecule has 0 amide bonds. The van der Waals surface area contributed by atoms with Gasteiger partial charge in [0.05, 0.1) is 9.39 Å². The van der Waals surface area contributed by atoms with Gasteiger partial charge in [0.25, 0.3) is 0 Å². The van der Waals surface area contributed by atoms with Crippen LogP contribution >= 0.6 is 23.6 Å². The normalized spacial score (nSPS) is 9.20. The monoisotopic (exact) mass is 172 g/mol. The van der Waals surface area contributed by atoms with E-state index in [9.17, 15) is 4.79 Å². The number of hydrogen-bond acceptors (Lipinski definition) is 3. The third-order valence-corrected chi connectivity index (χ3v) is 2.11. The summed E-state index contributed by atoms with van der Waals surface area (Å²) in [5, 5.41) is 9.98. The zero-order chi connectivity index (χ0) is 7.56. The highest BCUT2D eigenvalue weighted by Crippen LogP contribution is 2.05. The molecule has 0 spiro atoms. The maximum absolute atomic E-state index is 10.3. The summed E-state index contributed by atoms with van der Waals surface area (Å²) in [6, 6.07) is 3.12. The van der Waals surface area contributed by atoms with Crippen molar-refractivity contribution in [3.05, 3.63) is 26.9 Å². The Balaban J connectivity index is 3.12. The molecule has 0 aromatic carbocycles. The van der Waals surface area contributed by atoms with E-state index in [1.807, 2.05) is 0 Å². The molecule has 1 heterocycles. The van der Waals surface area contributed by atoms with Gasteiger partial charge in [-0.3, -0.25) is 0 Å². The van der Waals surface area contributed by atoms with Gasteiger partial charge in [-0.1, -0.05) is 12.2 Å². The van der Waals surface area contributed by atoms with Gasteiger partial charge in [0.1, 0.15) is 0 Å². The summed E-state index contributed by atoms with van der Waals surface area (Å²) >= 11 is 6.04. The van der Waals surface area contributed by atoms with Crippen molar-refractivity contribution in [2.75, 3.05) is 0 Å². The van der Waals surface area contributed by atoms with Crippen LogP contribution in [0.3, 0.4) is 0 Å². The van der Waals surface area contributed by atoms with Crippen LogP contribution < -0.4 is 0 Å². The lowest BCUT2D eigenvalue weighted by Gasteiger charge is -1.88. The molecule has 4 heteroatoms. The summed E-state index contributed by atoms with van der Waals surface area (Å²) in [6.07, 6.45) is 0. The van der Waals surface area contributed by atoms with E-state index in [1.165, 1.54) is 22.8 Å². The average Bonchev–Trinajstić information content (AvgIpc) is 1.88. The van der Waals surface area contributed by atoms with Crippen molar-refractivity contribution in [1.29, 1.82) is 0 Å². The van der Waals surface area contributed by atoms with Gasteiger partial charge >= 0.3 is 5.97 Å². The smallest absolute Gasteiger partial charge is 0.336 e. The molecule has 1 aromatic heterocycles. The lowest BCUT2D eigenvalue weighted by molar-refractivity contribution is 0.0697. The minimum atomic E-state index is -0.911. The zero-order valence-corrected chi connectivity index (χ0v) is 6.54. The lowest BCUT2D eigenvalue weighted by Crippen LogP contribution is -1.93. The molecule has 0 bridgehead atoms. The van der Waals surface area contributed by atoms with E-state index in [-0.39, 0.29) is 0 Å². The fraction of sp³-hybridized carbons (Fsp3) is 0. The molecule has 10 heavy (non-hydrogen) atoms. The topological polar surface area (TPSA) is 37.3 Å². The first-order valence-electron chi connectivity index (χ1n) is 2.52. The summed E-state index contributed by atoms with van der Waals surface area (Å²) in [5.74, 6) is -0.911. The maximum atomic E-state index is 10.3. The molecule has 0 atom stereocenters. The Kier molecular flexibility index (Phi) is 2.13. The minimum Gasteiger partial charge on any atom is -0.478 e. The van der Waals surface area contributed by atoms with E-state index in [0.29, 0.717) is 9.39 Å². The fourth-order valence-electron chi connectivity index (χ4n) is 0.480. The summed E-state index contributed by atoms with van der Waals surface area (Å²) in [6.45, 7) is 0. The maximum Gasteiger partial charge on any atom is 0.336 e. The van der Waals surface area contributed by atoms with E-state index in [1.54, 1.807) is 6.07 Å². The Hall–Kier alpha value is -0.740. The Morgan fingerprint density at radius 2 is 2.30 bits per heavy atom. The van der Waals surface area contributed by atoms with Gasteiger partial charge in [0, 0.05) is 5.38 Å². The van der Waals surface area contributed by atoms with Gasteiger partial charge in [-0.05, 0) is 12.1 Å². The van der Waals surface area contributed by atoms with Crippen LogP contribution in [0.1, 0.15) is 10.4 Å². The SMILES string of the molecule is O=C(O)c1ccc(=S)sc1. The van der Waals surface area contributed by atoms with Crippen LogP contribution in [0.4, 0.5) is 0 Å². The Morgan fingerprint density at radius 3 is 2.70 bits per heavy atom. The molecule has 0 radical (unpaired) electrons. The Bertz CT molecular complexity index is 282. The van der Waals surface area contributed by atoms with E-state index in [2.05, 4.69) is 0 Å². The second-order valence-corrected chi connectivity index (χ2v) is 3.26. The van der Waals surface area contributed by atoms with E-state index >= 15 is 0 Å². The molecule has 1 rings (SSSR count). The van der Waals surface area contributed by atoms with Crippen LogP contribution in [0.5, 0.6) is 0 Å². The predicted molar refractivity (Wildman–Crippen MR) is 42.1 cm³/mol. The molecule has 0 unspecified atom stereocenters. The van der Waals surface area contributed by atoms with Crippen LogP contribution in [0.2, 0.25) is 0 Å². The molecule has 0 aliphatic heterocycles. The first kappa shape index (κ1) is 7.37. The summed E-state index contributed by atoms with van der Waals surface area (Å²) < 4.78 is 0.699. The van der Waals surface area contributed by atoms with Crippen molar-refractivity contribution in [1.82, 2.24) is 0 Å². The molecule has 0 saturated carbocycles. The van der Waals surface area contributed by atoms with Gasteiger partial charge in [-0.2, -0.15) is 0 Å². The highest BCUT2D eigenvalue weighted by atomic mass is 32.1. The molecule has 0 aliphatic rings. The van der Waals surface area contributed by atoms with Crippen molar-refractivity contribution in [3.8, 4) is 0 Å². The fourth-order valence-corrected chi connectivity index (χ4v) is 1.26. The van der Waals surface area contributed by atoms with Gasteiger partial charge in [-0.15, -0.1) is 11.3 Å². The zero-order valence-electron chi connectivity index (χ0n) is 4.90. The summed E-state index contributed by atoms with van der Waals surface area (Å²) in [4.78, 5) is 10.3. The second-order valence-electron chi connectivity index (χ2n) is 1.65. The number of carboxylic acid groups (broad SMARTS) is 1. The number of aromatic carboxylic acids is 1. The van der Waals surface area contributed by atoms with Crippen LogP contribution in [-0.2, 0) is 0 Å². The third kappa shape index (κ3) is 1.62. The van der Waals surface area contributed by atoms with Crippen molar-refractivity contribution >= 4 is 29.5 Å². The highest BCUT2D eigenvalue weighted by molar-refractivity contribution is 7.73. The molecule has 0 saturated heterocycles. The van der Waals surface area contributed by atoms with Gasteiger partial charge in [0.2, 0.25) is 0 Å². The number of carbonyl (C=O) groups is 1. The average molecular weight is 172 g/mol. The van der Waals surface area contributed by atoms with Crippen LogP contribution in [0.25, 0.3) is 0 Å². The molecule has 0 aliphatic carbocycles. The van der Waals surface area contributed by atoms with Crippen LogP contribution in [0, 0.1) is 3.82 Å². The lowest BCUT2D eigenvalue weighted by atomic mass is 10.3. The molecular weight excluding hydrogens is 168 g/mol. The third-order valence-electron chi connectivity index (χ3n) is 0.948. The van der Waals surface area contributed by atoms with E-state index in [4.69, 9.17) is 17.3 Å². The molecule has 52 valence electrons. The summed E-state index contributed by atoms with van der Waals surface area (Å²) in [5.41, 5.74) is 0.290. The number of carboxylic acids is 1. The number of hydrogen-bond donors (Lipinski definition) is 1. The van der Waals surface area contributed by atoms with Gasteiger partial charge in [0.15, 0.2) is 0 Å². The number of rotatable bonds is 1. The highest BCUT2D eigenvalue weighted by Gasteiger charge is 1.98. The van der Waals surface area contributed by atoms with Gasteiger partial charge in [-0.25, -0.2) is 4.79 Å². The predicted octanol–water partition coefficient (Wildman–Crippen LogP) is 2.18. The Morgan fingerprint density at radius 1 is 1.60 bits per heavy atom. The molecule has 2 nitrogen and oxygen atoms in total. The largest absolute Gasteiger partial charge is 0.478 e. The van der Waals surface area contributed by atoms with Crippen molar-refractivity contribution in [2.45, 2.75) is 0 Å². The standard InChI is InChI=1S/C6H4O2S2/c7-6(8)4-1-2-5(9)10-3-4/h1-3H,(H,7,8). The van der Waals surface area contributed by atoms with Crippen LogP contribution in [0.15, 0.2) is 17.5 Å². The summed E-state index contributed by atoms with van der Waals surface area (Å²) in [7, 11) is 0. The van der Waals surface area contributed by atoms with Crippen molar-refractivity contribution < 1.29 is 9.90 Å².